The molecule has 31 heavy (non-hydrogen) atoms. The van der Waals surface area contributed by atoms with E-state index in [1.54, 1.807) is 12.1 Å². The fraction of sp³-hybridized carbons (Fsp3) is 0.200. The van der Waals surface area contributed by atoms with Gasteiger partial charge in [-0.15, -0.1) is 0 Å². The Morgan fingerprint density at radius 2 is 1.87 bits per heavy atom. The average molecular weight is 434 g/mol. The molecular formula is C25H24FN3OS. The van der Waals surface area contributed by atoms with Gasteiger partial charge in [0.25, 0.3) is 5.91 Å². The number of benzene rings is 2. The van der Waals surface area contributed by atoms with E-state index in [0.717, 1.165) is 23.4 Å². The number of carbonyl (C=O) groups is 1. The van der Waals surface area contributed by atoms with Crippen LogP contribution in [0, 0.1) is 26.6 Å². The van der Waals surface area contributed by atoms with Crippen molar-refractivity contribution in [3.63, 3.8) is 0 Å². The molecule has 6 heteroatoms. The summed E-state index contributed by atoms with van der Waals surface area (Å²) in [5.74, 6) is -0.497. The highest BCUT2D eigenvalue weighted by atomic mass is 32.2. The summed E-state index contributed by atoms with van der Waals surface area (Å²) in [6.45, 7) is 8.46. The van der Waals surface area contributed by atoms with E-state index in [0.29, 0.717) is 15.8 Å². The minimum absolute atomic E-state index is 0.180. The molecule has 0 aliphatic carbocycles. The Bertz CT molecular complexity index is 1220. The van der Waals surface area contributed by atoms with E-state index >= 15 is 0 Å². The van der Waals surface area contributed by atoms with E-state index in [2.05, 4.69) is 66.8 Å². The molecule has 1 aliphatic rings. The molecule has 4 rings (SSSR count). The second-order valence-corrected chi connectivity index (χ2v) is 8.59. The second-order valence-electron chi connectivity index (χ2n) is 7.56. The van der Waals surface area contributed by atoms with Gasteiger partial charge in [0.2, 0.25) is 0 Å². The van der Waals surface area contributed by atoms with Crippen LogP contribution in [0.15, 0.2) is 58.4 Å². The third-order valence-corrected chi connectivity index (χ3v) is 6.30. The van der Waals surface area contributed by atoms with Gasteiger partial charge in [-0.3, -0.25) is 4.79 Å². The van der Waals surface area contributed by atoms with Gasteiger partial charge in [0, 0.05) is 11.4 Å². The lowest BCUT2D eigenvalue weighted by molar-refractivity contribution is -0.115. The lowest BCUT2D eigenvalue weighted by Crippen LogP contribution is -2.19. The zero-order valence-corrected chi connectivity index (χ0v) is 18.8. The number of rotatable bonds is 4. The second kappa shape index (κ2) is 8.55. The first-order valence-corrected chi connectivity index (χ1v) is 11.0. The van der Waals surface area contributed by atoms with Gasteiger partial charge in [-0.05, 0) is 92.1 Å². The van der Waals surface area contributed by atoms with E-state index in [9.17, 15) is 9.18 Å². The highest BCUT2D eigenvalue weighted by molar-refractivity contribution is 8.18. The fourth-order valence-corrected chi connectivity index (χ4v) is 4.69. The number of amides is 1. The van der Waals surface area contributed by atoms with Crippen molar-refractivity contribution in [3.05, 3.63) is 87.3 Å². The summed E-state index contributed by atoms with van der Waals surface area (Å²) >= 11 is 1.29. The highest BCUT2D eigenvalue weighted by Crippen LogP contribution is 2.32. The van der Waals surface area contributed by atoms with E-state index < -0.39 is 0 Å². The van der Waals surface area contributed by atoms with Gasteiger partial charge < -0.3 is 9.88 Å². The van der Waals surface area contributed by atoms with Crippen molar-refractivity contribution >= 4 is 34.6 Å². The molecule has 2 aromatic carbocycles. The van der Waals surface area contributed by atoms with E-state index in [1.807, 2.05) is 6.08 Å². The van der Waals surface area contributed by atoms with Gasteiger partial charge in [0.15, 0.2) is 5.17 Å². The Morgan fingerprint density at radius 3 is 2.58 bits per heavy atom. The first kappa shape index (κ1) is 21.1. The topological polar surface area (TPSA) is 46.4 Å². The summed E-state index contributed by atoms with van der Waals surface area (Å²) in [4.78, 5) is 17.5. The smallest absolute Gasteiger partial charge is 0.264 e. The van der Waals surface area contributed by atoms with Crippen molar-refractivity contribution < 1.29 is 9.18 Å². The largest absolute Gasteiger partial charge is 0.317 e. The predicted molar refractivity (Wildman–Crippen MR) is 127 cm³/mol. The normalized spacial score (nSPS) is 16.4. The van der Waals surface area contributed by atoms with Gasteiger partial charge >= 0.3 is 0 Å². The minimum Gasteiger partial charge on any atom is -0.317 e. The Kier molecular flexibility index (Phi) is 5.83. The number of aliphatic imine (C=N–C) groups is 1. The Labute approximate surface area is 185 Å². The van der Waals surface area contributed by atoms with Crippen LogP contribution in [0.1, 0.15) is 35.0 Å². The van der Waals surface area contributed by atoms with Gasteiger partial charge in [-0.2, -0.15) is 0 Å². The van der Waals surface area contributed by atoms with Crippen LogP contribution in [-0.2, 0) is 11.2 Å². The number of hydrogen-bond donors (Lipinski definition) is 1. The molecular weight excluding hydrogens is 409 g/mol. The number of amidine groups is 1. The molecule has 2 heterocycles. The van der Waals surface area contributed by atoms with Crippen LogP contribution < -0.4 is 5.32 Å². The molecule has 1 fully saturated rings. The summed E-state index contributed by atoms with van der Waals surface area (Å²) in [6, 6.07) is 14.4. The number of para-hydroxylation sites is 1. The summed E-state index contributed by atoms with van der Waals surface area (Å²) < 4.78 is 15.4. The van der Waals surface area contributed by atoms with Crippen LogP contribution in [0.2, 0.25) is 0 Å². The number of halogens is 1. The predicted octanol–water partition coefficient (Wildman–Crippen LogP) is 6.00. The van der Waals surface area contributed by atoms with Crippen molar-refractivity contribution in [2.45, 2.75) is 34.1 Å². The molecule has 0 unspecified atom stereocenters. The number of aryl methyl sites for hydroxylation is 3. The fourth-order valence-electron chi connectivity index (χ4n) is 3.86. The first-order chi connectivity index (χ1) is 14.9. The number of carbonyl (C=O) groups excluding carboxylic acids is 1. The van der Waals surface area contributed by atoms with Crippen LogP contribution in [-0.4, -0.2) is 15.6 Å². The zero-order chi connectivity index (χ0) is 22.1. The number of aromatic nitrogens is 1. The lowest BCUT2D eigenvalue weighted by Gasteiger charge is -2.17. The van der Waals surface area contributed by atoms with Crippen molar-refractivity contribution in [1.82, 2.24) is 9.88 Å². The Hall–Kier alpha value is -3.12. The van der Waals surface area contributed by atoms with Gasteiger partial charge in [-0.1, -0.05) is 25.1 Å². The summed E-state index contributed by atoms with van der Waals surface area (Å²) in [5.41, 5.74) is 7.54. The molecule has 158 valence electrons. The molecule has 0 bridgehead atoms. The maximum absolute atomic E-state index is 13.1. The first-order valence-electron chi connectivity index (χ1n) is 10.2. The molecule has 0 saturated carbocycles. The number of thioether (sulfide) groups is 1. The van der Waals surface area contributed by atoms with Crippen LogP contribution >= 0.6 is 11.8 Å². The summed E-state index contributed by atoms with van der Waals surface area (Å²) in [7, 11) is 0. The molecule has 1 amide bonds. The number of nitrogens with zero attached hydrogens (tertiary/aromatic N) is 2. The third kappa shape index (κ3) is 4.21. The van der Waals surface area contributed by atoms with Crippen LogP contribution in [0.4, 0.5) is 10.1 Å². The molecule has 1 aliphatic heterocycles. The van der Waals surface area contributed by atoms with Crippen LogP contribution in [0.5, 0.6) is 0 Å². The quantitative estimate of drug-likeness (QED) is 0.513. The van der Waals surface area contributed by atoms with Crippen molar-refractivity contribution in [3.8, 4) is 5.69 Å². The molecule has 1 saturated heterocycles. The lowest BCUT2D eigenvalue weighted by atomic mass is 10.1. The third-order valence-electron chi connectivity index (χ3n) is 5.39. The molecule has 3 aromatic rings. The molecule has 0 radical (unpaired) electrons. The van der Waals surface area contributed by atoms with Crippen molar-refractivity contribution in [2.24, 2.45) is 4.99 Å². The maximum Gasteiger partial charge on any atom is 0.264 e. The van der Waals surface area contributed by atoms with Gasteiger partial charge in [0.1, 0.15) is 5.82 Å². The summed E-state index contributed by atoms with van der Waals surface area (Å²) in [6.07, 6.45) is 2.86. The molecule has 0 spiro atoms. The minimum atomic E-state index is -0.317. The van der Waals surface area contributed by atoms with Crippen LogP contribution in [0.25, 0.3) is 11.8 Å². The summed E-state index contributed by atoms with van der Waals surface area (Å²) in [5, 5.41) is 3.28. The molecule has 4 nitrogen and oxygen atoms in total. The standard InChI is InChI=1S/C25H24FN3OS/c1-5-18-8-6-7-15(2)23(18)29-16(3)13-19(17(29)4)14-22-24(30)28-25(31-22)27-21-11-9-20(26)10-12-21/h6-14H,5H2,1-4H3,(H,27,28,30)/b22-14-. The van der Waals surface area contributed by atoms with Crippen LogP contribution in [0.3, 0.4) is 0 Å². The number of hydrogen-bond acceptors (Lipinski definition) is 3. The van der Waals surface area contributed by atoms with Gasteiger partial charge in [-0.25, -0.2) is 9.38 Å². The molecule has 1 aromatic heterocycles. The van der Waals surface area contributed by atoms with Crippen molar-refractivity contribution in [2.75, 3.05) is 0 Å². The van der Waals surface area contributed by atoms with E-state index in [-0.39, 0.29) is 11.7 Å². The van der Waals surface area contributed by atoms with Crippen molar-refractivity contribution in [1.29, 1.82) is 0 Å². The maximum atomic E-state index is 13.1. The molecule has 0 atom stereocenters. The highest BCUT2D eigenvalue weighted by Gasteiger charge is 2.25. The average Bonchev–Trinajstić information content (AvgIpc) is 3.22. The van der Waals surface area contributed by atoms with E-state index in [4.69, 9.17) is 0 Å². The monoisotopic (exact) mass is 433 g/mol. The zero-order valence-electron chi connectivity index (χ0n) is 18.0. The number of nitrogens with one attached hydrogen (secondary N) is 1. The van der Waals surface area contributed by atoms with Gasteiger partial charge in [0.05, 0.1) is 16.3 Å². The SMILES string of the molecule is CCc1cccc(C)c1-n1c(C)cc(/C=C2\SC(=Nc3ccc(F)cc3)NC2=O)c1C. The molecule has 1 N–H and O–H groups in total. The van der Waals surface area contributed by atoms with E-state index in [1.165, 1.54) is 40.7 Å². The Balaban J connectivity index is 1.68. The Morgan fingerprint density at radius 1 is 1.13 bits per heavy atom.